The topological polar surface area (TPSA) is 77.0 Å². The van der Waals surface area contributed by atoms with Crippen LogP contribution >= 0.6 is 23.2 Å². The first-order chi connectivity index (χ1) is 12.8. The van der Waals surface area contributed by atoms with E-state index in [9.17, 15) is 9.59 Å². The molecule has 8 heteroatoms. The quantitative estimate of drug-likeness (QED) is 0.425. The molecule has 142 valence electrons. The molecule has 0 aliphatic heterocycles. The molecule has 1 amide bonds. The Kier molecular flexibility index (Phi) is 7.64. The second-order valence-corrected chi connectivity index (χ2v) is 6.56. The number of hydrogen-bond acceptors (Lipinski definition) is 5. The van der Waals surface area contributed by atoms with E-state index in [1.807, 2.05) is 0 Å². The number of benzene rings is 2. The number of amides is 1. The van der Waals surface area contributed by atoms with Crippen LogP contribution in [0.5, 0.6) is 5.75 Å². The molecular weight excluding hydrogens is 391 g/mol. The third kappa shape index (κ3) is 6.92. The molecule has 0 unspecified atom stereocenters. The third-order valence-electron chi connectivity index (χ3n) is 3.16. The van der Waals surface area contributed by atoms with Gasteiger partial charge in [-0.15, -0.1) is 0 Å². The molecule has 2 aromatic rings. The highest BCUT2D eigenvalue weighted by Crippen LogP contribution is 2.20. The normalized spacial score (nSPS) is 10.9. The maximum Gasteiger partial charge on any atom is 0.344 e. The monoisotopic (exact) mass is 408 g/mol. The molecule has 0 saturated heterocycles. The molecule has 1 N–H and O–H groups in total. The standard InChI is InChI=1S/C19H18Cl2N2O4/c1-12(2)27-18(24)11-26-15-6-3-13(4-7-15)10-22-23-19(25)16-8-5-14(20)9-17(16)21/h3-10,12H,11H2,1-2H3,(H,23,25)/b22-10-. The Hall–Kier alpha value is -2.57. The van der Waals surface area contributed by atoms with Gasteiger partial charge in [-0.1, -0.05) is 23.2 Å². The molecule has 0 aliphatic carbocycles. The van der Waals surface area contributed by atoms with Gasteiger partial charge in [0, 0.05) is 5.02 Å². The summed E-state index contributed by atoms with van der Waals surface area (Å²) >= 11 is 11.8. The van der Waals surface area contributed by atoms with Gasteiger partial charge in [0.05, 0.1) is 22.9 Å². The number of hydrazone groups is 1. The Labute approximate surface area is 167 Å². The number of carbonyl (C=O) groups excluding carboxylic acids is 2. The van der Waals surface area contributed by atoms with Crippen molar-refractivity contribution >= 4 is 41.3 Å². The van der Waals surface area contributed by atoms with Crippen LogP contribution in [0, 0.1) is 0 Å². The first kappa shape index (κ1) is 20.7. The summed E-state index contributed by atoms with van der Waals surface area (Å²) in [7, 11) is 0. The lowest BCUT2D eigenvalue weighted by molar-refractivity contribution is -0.149. The molecule has 2 rings (SSSR count). The summed E-state index contributed by atoms with van der Waals surface area (Å²) in [6, 6.07) is 11.4. The molecule has 0 spiro atoms. The lowest BCUT2D eigenvalue weighted by atomic mass is 10.2. The van der Waals surface area contributed by atoms with Crippen molar-refractivity contribution in [3.8, 4) is 5.75 Å². The van der Waals surface area contributed by atoms with Crippen LogP contribution in [0.1, 0.15) is 29.8 Å². The number of halogens is 2. The number of esters is 1. The number of ether oxygens (including phenoxy) is 2. The van der Waals surface area contributed by atoms with Crippen molar-refractivity contribution in [3.05, 3.63) is 63.6 Å². The van der Waals surface area contributed by atoms with E-state index in [0.29, 0.717) is 10.8 Å². The van der Waals surface area contributed by atoms with Gasteiger partial charge < -0.3 is 9.47 Å². The maximum absolute atomic E-state index is 12.0. The summed E-state index contributed by atoms with van der Waals surface area (Å²) in [5, 5.41) is 4.57. The second-order valence-electron chi connectivity index (χ2n) is 5.72. The van der Waals surface area contributed by atoms with Gasteiger partial charge >= 0.3 is 5.97 Å². The van der Waals surface area contributed by atoms with Crippen molar-refractivity contribution in [1.82, 2.24) is 5.43 Å². The molecule has 0 bridgehead atoms. The lowest BCUT2D eigenvalue weighted by Gasteiger charge is -2.09. The summed E-state index contributed by atoms with van der Waals surface area (Å²) in [4.78, 5) is 23.5. The van der Waals surface area contributed by atoms with Crippen LogP contribution in [0.3, 0.4) is 0 Å². The predicted molar refractivity (Wildman–Crippen MR) is 105 cm³/mol. The second kappa shape index (κ2) is 9.94. The van der Waals surface area contributed by atoms with Gasteiger partial charge in [-0.25, -0.2) is 10.2 Å². The molecule has 0 heterocycles. The van der Waals surface area contributed by atoms with E-state index in [4.69, 9.17) is 32.7 Å². The van der Waals surface area contributed by atoms with Gasteiger partial charge in [-0.2, -0.15) is 5.10 Å². The molecule has 0 radical (unpaired) electrons. The van der Waals surface area contributed by atoms with E-state index in [1.165, 1.54) is 18.3 Å². The zero-order chi connectivity index (χ0) is 19.8. The first-order valence-corrected chi connectivity index (χ1v) is 8.81. The molecule has 27 heavy (non-hydrogen) atoms. The fourth-order valence-corrected chi connectivity index (χ4v) is 2.48. The summed E-state index contributed by atoms with van der Waals surface area (Å²) in [5.41, 5.74) is 3.40. The molecule has 0 aliphatic rings. The molecule has 6 nitrogen and oxygen atoms in total. The summed E-state index contributed by atoms with van der Waals surface area (Å²) in [6.45, 7) is 3.38. The Morgan fingerprint density at radius 1 is 1.15 bits per heavy atom. The number of rotatable bonds is 7. The lowest BCUT2D eigenvalue weighted by Crippen LogP contribution is -2.18. The van der Waals surface area contributed by atoms with Crippen molar-refractivity contribution in [1.29, 1.82) is 0 Å². The SMILES string of the molecule is CC(C)OC(=O)COc1ccc(/C=N\NC(=O)c2ccc(Cl)cc2Cl)cc1. The van der Waals surface area contributed by atoms with Gasteiger partial charge in [0.1, 0.15) is 5.75 Å². The molecule has 0 fully saturated rings. The average molecular weight is 409 g/mol. The van der Waals surface area contributed by atoms with Crippen LogP contribution in [0.25, 0.3) is 0 Å². The molecule has 2 aromatic carbocycles. The van der Waals surface area contributed by atoms with Gasteiger partial charge in [-0.05, 0) is 61.9 Å². The van der Waals surface area contributed by atoms with E-state index in [-0.39, 0.29) is 23.3 Å². The van der Waals surface area contributed by atoms with Crippen molar-refractivity contribution in [2.24, 2.45) is 5.10 Å². The van der Waals surface area contributed by atoms with Crippen molar-refractivity contribution in [2.75, 3.05) is 6.61 Å². The highest BCUT2D eigenvalue weighted by atomic mass is 35.5. The Balaban J connectivity index is 1.86. The first-order valence-electron chi connectivity index (χ1n) is 8.06. The largest absolute Gasteiger partial charge is 0.482 e. The zero-order valence-corrected chi connectivity index (χ0v) is 16.3. The van der Waals surface area contributed by atoms with Crippen molar-refractivity contribution in [2.45, 2.75) is 20.0 Å². The van der Waals surface area contributed by atoms with E-state index in [0.717, 1.165) is 5.56 Å². The van der Waals surface area contributed by atoms with Crippen LogP contribution in [0.4, 0.5) is 0 Å². The van der Waals surface area contributed by atoms with Gasteiger partial charge in [0.15, 0.2) is 6.61 Å². The maximum atomic E-state index is 12.0. The molecule has 0 atom stereocenters. The molecule has 0 aromatic heterocycles. The minimum atomic E-state index is -0.448. The fraction of sp³-hybridized carbons (Fsp3) is 0.211. The van der Waals surface area contributed by atoms with Crippen LogP contribution in [-0.2, 0) is 9.53 Å². The molecule has 0 saturated carbocycles. The van der Waals surface area contributed by atoms with Crippen LogP contribution < -0.4 is 10.2 Å². The minimum Gasteiger partial charge on any atom is -0.482 e. The van der Waals surface area contributed by atoms with Gasteiger partial charge in [0.2, 0.25) is 0 Å². The number of carbonyl (C=O) groups is 2. The van der Waals surface area contributed by atoms with Crippen LogP contribution in [0.2, 0.25) is 10.0 Å². The number of nitrogens with one attached hydrogen (secondary N) is 1. The average Bonchev–Trinajstić information content (AvgIpc) is 2.60. The number of hydrogen-bond donors (Lipinski definition) is 1. The van der Waals surface area contributed by atoms with E-state index < -0.39 is 11.9 Å². The third-order valence-corrected chi connectivity index (χ3v) is 3.71. The fourth-order valence-electron chi connectivity index (χ4n) is 1.99. The summed E-state index contributed by atoms with van der Waals surface area (Å²) < 4.78 is 10.3. The van der Waals surface area contributed by atoms with Crippen LogP contribution in [-0.4, -0.2) is 30.8 Å². The van der Waals surface area contributed by atoms with Crippen molar-refractivity contribution < 1.29 is 19.1 Å². The highest BCUT2D eigenvalue weighted by Gasteiger charge is 2.09. The summed E-state index contributed by atoms with van der Waals surface area (Å²) in [5.74, 6) is -0.361. The predicted octanol–water partition coefficient (Wildman–Crippen LogP) is 4.09. The van der Waals surface area contributed by atoms with E-state index in [2.05, 4.69) is 10.5 Å². The van der Waals surface area contributed by atoms with Crippen molar-refractivity contribution in [3.63, 3.8) is 0 Å². The zero-order valence-electron chi connectivity index (χ0n) is 14.7. The summed E-state index contributed by atoms with van der Waals surface area (Å²) in [6.07, 6.45) is 1.29. The smallest absolute Gasteiger partial charge is 0.344 e. The van der Waals surface area contributed by atoms with E-state index >= 15 is 0 Å². The minimum absolute atomic E-state index is 0.163. The Morgan fingerprint density at radius 2 is 1.85 bits per heavy atom. The van der Waals surface area contributed by atoms with Crippen LogP contribution in [0.15, 0.2) is 47.6 Å². The molecular formula is C19H18Cl2N2O4. The highest BCUT2D eigenvalue weighted by molar-refractivity contribution is 6.36. The van der Waals surface area contributed by atoms with Gasteiger partial charge in [-0.3, -0.25) is 4.79 Å². The number of nitrogens with zero attached hydrogens (tertiary/aromatic N) is 1. The Morgan fingerprint density at radius 3 is 2.48 bits per heavy atom. The van der Waals surface area contributed by atoms with E-state index in [1.54, 1.807) is 44.2 Å². The Bertz CT molecular complexity index is 836. The van der Waals surface area contributed by atoms with Gasteiger partial charge in [0.25, 0.3) is 5.91 Å².